The zero-order valence-electron chi connectivity index (χ0n) is 10.7. The zero-order chi connectivity index (χ0) is 12.9. The van der Waals surface area contributed by atoms with Gasteiger partial charge in [-0.25, -0.2) is 0 Å². The predicted molar refractivity (Wildman–Crippen MR) is 63.3 cm³/mol. The van der Waals surface area contributed by atoms with Crippen LogP contribution in [0.15, 0.2) is 12.2 Å². The predicted octanol–water partition coefficient (Wildman–Crippen LogP) is 2.23. The van der Waals surface area contributed by atoms with Crippen molar-refractivity contribution in [2.75, 3.05) is 6.61 Å². The standard InChI is InChI=1S/C13H20O4/c1-4-13(17-10(3)14)9-7-6-8-11(13)12(15)16-5-2/h6-7,11H,4-5,8-9H2,1-3H3. The number of esters is 2. The molecule has 96 valence electrons. The van der Waals surface area contributed by atoms with Crippen molar-refractivity contribution in [2.24, 2.45) is 5.92 Å². The summed E-state index contributed by atoms with van der Waals surface area (Å²) in [7, 11) is 0. The van der Waals surface area contributed by atoms with Crippen LogP contribution in [0.25, 0.3) is 0 Å². The first-order valence-electron chi connectivity index (χ1n) is 6.07. The van der Waals surface area contributed by atoms with Crippen molar-refractivity contribution >= 4 is 11.9 Å². The van der Waals surface area contributed by atoms with E-state index >= 15 is 0 Å². The lowest BCUT2D eigenvalue weighted by molar-refractivity contribution is -0.175. The average Bonchev–Trinajstić information content (AvgIpc) is 2.29. The van der Waals surface area contributed by atoms with Gasteiger partial charge in [0.1, 0.15) is 11.5 Å². The third kappa shape index (κ3) is 3.08. The fraction of sp³-hybridized carbons (Fsp3) is 0.692. The molecular weight excluding hydrogens is 220 g/mol. The van der Waals surface area contributed by atoms with E-state index in [9.17, 15) is 9.59 Å². The lowest BCUT2D eigenvalue weighted by Crippen LogP contribution is -2.47. The molecule has 0 aromatic rings. The average molecular weight is 240 g/mol. The van der Waals surface area contributed by atoms with Crippen LogP contribution in [-0.4, -0.2) is 24.1 Å². The Morgan fingerprint density at radius 1 is 1.35 bits per heavy atom. The third-order valence-corrected chi connectivity index (χ3v) is 3.15. The van der Waals surface area contributed by atoms with Crippen LogP contribution in [0.3, 0.4) is 0 Å². The molecule has 0 bridgehead atoms. The molecular formula is C13H20O4. The van der Waals surface area contributed by atoms with Crippen LogP contribution in [0.4, 0.5) is 0 Å². The van der Waals surface area contributed by atoms with Gasteiger partial charge in [0.25, 0.3) is 0 Å². The van der Waals surface area contributed by atoms with Crippen LogP contribution in [-0.2, 0) is 19.1 Å². The highest BCUT2D eigenvalue weighted by Crippen LogP contribution is 2.37. The quantitative estimate of drug-likeness (QED) is 0.558. The van der Waals surface area contributed by atoms with Crippen molar-refractivity contribution in [3.8, 4) is 0 Å². The molecule has 2 unspecified atom stereocenters. The minimum Gasteiger partial charge on any atom is -0.466 e. The number of allylic oxidation sites excluding steroid dienone is 1. The van der Waals surface area contributed by atoms with Crippen molar-refractivity contribution < 1.29 is 19.1 Å². The maximum absolute atomic E-state index is 11.9. The summed E-state index contributed by atoms with van der Waals surface area (Å²) in [5.41, 5.74) is -0.729. The molecule has 17 heavy (non-hydrogen) atoms. The second-order valence-electron chi connectivity index (χ2n) is 4.23. The van der Waals surface area contributed by atoms with Crippen LogP contribution < -0.4 is 0 Å². The maximum Gasteiger partial charge on any atom is 0.313 e. The summed E-state index contributed by atoms with van der Waals surface area (Å²) in [5.74, 6) is -1.02. The Labute approximate surface area is 102 Å². The molecule has 0 radical (unpaired) electrons. The Balaban J connectivity index is 2.93. The van der Waals surface area contributed by atoms with E-state index in [1.807, 2.05) is 19.1 Å². The summed E-state index contributed by atoms with van der Waals surface area (Å²) in [5, 5.41) is 0. The van der Waals surface area contributed by atoms with Crippen molar-refractivity contribution in [1.29, 1.82) is 0 Å². The van der Waals surface area contributed by atoms with Gasteiger partial charge in [-0.3, -0.25) is 9.59 Å². The zero-order valence-corrected chi connectivity index (χ0v) is 10.7. The van der Waals surface area contributed by atoms with Crippen molar-refractivity contribution in [2.45, 2.75) is 45.6 Å². The van der Waals surface area contributed by atoms with E-state index in [1.165, 1.54) is 6.92 Å². The second-order valence-corrected chi connectivity index (χ2v) is 4.23. The van der Waals surface area contributed by atoms with Gasteiger partial charge in [-0.15, -0.1) is 0 Å². The highest BCUT2D eigenvalue weighted by atomic mass is 16.6. The Morgan fingerprint density at radius 2 is 2.06 bits per heavy atom. The van der Waals surface area contributed by atoms with Gasteiger partial charge in [-0.05, 0) is 19.8 Å². The van der Waals surface area contributed by atoms with Gasteiger partial charge < -0.3 is 9.47 Å². The summed E-state index contributed by atoms with van der Waals surface area (Å²) in [4.78, 5) is 23.1. The van der Waals surface area contributed by atoms with E-state index in [4.69, 9.17) is 9.47 Å². The SMILES string of the molecule is CCOC(=O)C1CC=CCC1(CC)OC(C)=O. The molecule has 4 nitrogen and oxygen atoms in total. The van der Waals surface area contributed by atoms with Crippen LogP contribution in [0.5, 0.6) is 0 Å². The third-order valence-electron chi connectivity index (χ3n) is 3.15. The molecule has 2 atom stereocenters. The van der Waals surface area contributed by atoms with E-state index in [0.29, 0.717) is 25.9 Å². The largest absolute Gasteiger partial charge is 0.466 e. The molecule has 0 aromatic carbocycles. The molecule has 0 spiro atoms. The highest BCUT2D eigenvalue weighted by Gasteiger charge is 2.45. The summed E-state index contributed by atoms with van der Waals surface area (Å²) in [6.45, 7) is 5.42. The van der Waals surface area contributed by atoms with Crippen LogP contribution in [0.2, 0.25) is 0 Å². The minimum atomic E-state index is -0.729. The summed E-state index contributed by atoms with van der Waals surface area (Å²) in [6, 6.07) is 0. The fourth-order valence-corrected chi connectivity index (χ4v) is 2.29. The lowest BCUT2D eigenvalue weighted by Gasteiger charge is -2.39. The molecule has 1 aliphatic rings. The van der Waals surface area contributed by atoms with Crippen LogP contribution in [0.1, 0.15) is 40.0 Å². The summed E-state index contributed by atoms with van der Waals surface area (Å²) < 4.78 is 10.5. The first-order chi connectivity index (χ1) is 8.05. The Morgan fingerprint density at radius 3 is 2.59 bits per heavy atom. The van der Waals surface area contributed by atoms with Crippen molar-refractivity contribution in [1.82, 2.24) is 0 Å². The molecule has 0 saturated heterocycles. The Kier molecular flexibility index (Phi) is 4.73. The number of carbonyl (C=O) groups excluding carboxylic acids is 2. The Bertz CT molecular complexity index is 321. The smallest absolute Gasteiger partial charge is 0.313 e. The molecule has 0 aromatic heterocycles. The molecule has 0 saturated carbocycles. The first kappa shape index (κ1) is 13.7. The van der Waals surface area contributed by atoms with Crippen LogP contribution >= 0.6 is 0 Å². The van der Waals surface area contributed by atoms with Gasteiger partial charge >= 0.3 is 11.9 Å². The number of carbonyl (C=O) groups is 2. The van der Waals surface area contributed by atoms with E-state index in [2.05, 4.69) is 0 Å². The monoisotopic (exact) mass is 240 g/mol. The number of hydrogen-bond acceptors (Lipinski definition) is 4. The van der Waals surface area contributed by atoms with Crippen molar-refractivity contribution in [3.63, 3.8) is 0 Å². The number of ether oxygens (including phenoxy) is 2. The van der Waals surface area contributed by atoms with Gasteiger partial charge in [-0.1, -0.05) is 19.1 Å². The van der Waals surface area contributed by atoms with Gasteiger partial charge in [0.15, 0.2) is 0 Å². The van der Waals surface area contributed by atoms with Crippen LogP contribution in [0, 0.1) is 5.92 Å². The van der Waals surface area contributed by atoms with E-state index in [1.54, 1.807) is 6.92 Å². The molecule has 0 aliphatic heterocycles. The van der Waals surface area contributed by atoms with Gasteiger partial charge in [0.2, 0.25) is 0 Å². The molecule has 1 aliphatic carbocycles. The van der Waals surface area contributed by atoms with Gasteiger partial charge in [0, 0.05) is 13.3 Å². The Hall–Kier alpha value is -1.32. The highest BCUT2D eigenvalue weighted by molar-refractivity contribution is 5.76. The van der Waals surface area contributed by atoms with Crippen molar-refractivity contribution in [3.05, 3.63) is 12.2 Å². The van der Waals surface area contributed by atoms with Gasteiger partial charge in [0.05, 0.1) is 6.61 Å². The lowest BCUT2D eigenvalue weighted by atomic mass is 9.76. The van der Waals surface area contributed by atoms with E-state index in [0.717, 1.165) is 0 Å². The normalized spacial score (nSPS) is 27.6. The molecule has 1 rings (SSSR count). The fourth-order valence-electron chi connectivity index (χ4n) is 2.29. The van der Waals surface area contributed by atoms with E-state index in [-0.39, 0.29) is 17.9 Å². The second kappa shape index (κ2) is 5.84. The number of rotatable bonds is 4. The summed E-state index contributed by atoms with van der Waals surface area (Å²) in [6.07, 6.45) is 5.66. The van der Waals surface area contributed by atoms with Gasteiger partial charge in [-0.2, -0.15) is 0 Å². The molecule has 0 fully saturated rings. The molecule has 0 amide bonds. The molecule has 0 N–H and O–H groups in total. The minimum absolute atomic E-state index is 0.278. The topological polar surface area (TPSA) is 52.6 Å². The maximum atomic E-state index is 11.9. The summed E-state index contributed by atoms with van der Waals surface area (Å²) >= 11 is 0. The van der Waals surface area contributed by atoms with E-state index < -0.39 is 5.60 Å². The first-order valence-corrected chi connectivity index (χ1v) is 6.07. The molecule has 4 heteroatoms. The molecule has 0 heterocycles. The number of hydrogen-bond donors (Lipinski definition) is 0.